The Morgan fingerprint density at radius 3 is 2.48 bits per heavy atom. The molecule has 0 saturated heterocycles. The van der Waals surface area contributed by atoms with Gasteiger partial charge in [-0.2, -0.15) is 0 Å². The van der Waals surface area contributed by atoms with E-state index in [1.165, 1.54) is 48.9 Å². The van der Waals surface area contributed by atoms with E-state index in [0.29, 0.717) is 6.04 Å². The Morgan fingerprint density at radius 2 is 1.71 bits per heavy atom. The van der Waals surface area contributed by atoms with Crippen LogP contribution in [0.25, 0.3) is 28.1 Å². The van der Waals surface area contributed by atoms with Gasteiger partial charge in [-0.15, -0.1) is 24.8 Å². The summed E-state index contributed by atoms with van der Waals surface area (Å²) in [5, 5.41) is 3.78. The maximum Gasteiger partial charge on any atom is 0.215 e. The number of nitrogens with one attached hydrogen (secondary N) is 1. The van der Waals surface area contributed by atoms with Crippen molar-refractivity contribution in [3.63, 3.8) is 0 Å². The third-order valence-corrected chi connectivity index (χ3v) is 6.63. The van der Waals surface area contributed by atoms with Crippen molar-refractivity contribution in [3.05, 3.63) is 59.2 Å². The van der Waals surface area contributed by atoms with Gasteiger partial charge >= 0.3 is 0 Å². The molecule has 31 heavy (non-hydrogen) atoms. The Kier molecular flexibility index (Phi) is 8.45. The van der Waals surface area contributed by atoms with Gasteiger partial charge in [-0.1, -0.05) is 59.5 Å². The van der Waals surface area contributed by atoms with Crippen molar-refractivity contribution in [1.82, 2.24) is 19.3 Å². The van der Waals surface area contributed by atoms with Gasteiger partial charge in [0.2, 0.25) is 5.78 Å². The van der Waals surface area contributed by atoms with Gasteiger partial charge in [0.05, 0.1) is 16.7 Å². The number of aromatic nitrogens is 3. The number of benzene rings is 2. The Bertz CT molecular complexity index is 1110. The molecule has 1 fully saturated rings. The molecule has 4 nitrogen and oxygen atoms in total. The van der Waals surface area contributed by atoms with Crippen molar-refractivity contribution in [2.24, 2.45) is 0 Å². The van der Waals surface area contributed by atoms with Crippen LogP contribution in [0.15, 0.2) is 59.2 Å². The molecule has 0 aliphatic heterocycles. The first-order valence-corrected chi connectivity index (χ1v) is 11.5. The Labute approximate surface area is 204 Å². The predicted molar refractivity (Wildman–Crippen MR) is 138 cm³/mol. The monoisotopic (exact) mass is 522 g/mol. The van der Waals surface area contributed by atoms with Gasteiger partial charge in [0.15, 0.2) is 0 Å². The highest BCUT2D eigenvalue weighted by Crippen LogP contribution is 2.28. The van der Waals surface area contributed by atoms with E-state index in [1.807, 2.05) is 0 Å². The highest BCUT2D eigenvalue weighted by Gasteiger charge is 2.16. The van der Waals surface area contributed by atoms with Gasteiger partial charge in [-0.3, -0.25) is 4.40 Å². The normalized spacial score (nSPS) is 14.5. The Hall–Kier alpha value is -1.53. The first-order chi connectivity index (χ1) is 14.3. The maximum absolute atomic E-state index is 4.94. The summed E-state index contributed by atoms with van der Waals surface area (Å²) in [4.78, 5) is 4.94. The summed E-state index contributed by atoms with van der Waals surface area (Å²) in [6.45, 7) is 2.03. The Morgan fingerprint density at radius 1 is 0.968 bits per heavy atom. The van der Waals surface area contributed by atoms with Crippen LogP contribution < -0.4 is 5.32 Å². The van der Waals surface area contributed by atoms with E-state index in [0.717, 1.165) is 35.3 Å². The van der Waals surface area contributed by atoms with E-state index < -0.39 is 0 Å². The fourth-order valence-corrected chi connectivity index (χ4v) is 4.84. The van der Waals surface area contributed by atoms with E-state index in [4.69, 9.17) is 4.98 Å². The third-order valence-electron chi connectivity index (χ3n) is 6.10. The molecule has 2 heterocycles. The molecule has 0 amide bonds. The van der Waals surface area contributed by atoms with Crippen LogP contribution in [0.3, 0.4) is 0 Å². The summed E-state index contributed by atoms with van der Waals surface area (Å²) in [6.07, 6.45) is 10.2. The lowest BCUT2D eigenvalue weighted by molar-refractivity contribution is 0.369. The molecule has 2 aromatic carbocycles. The molecule has 5 rings (SSSR count). The SMILES string of the molecule is Brc1ccc(-c2cn3c4ccccc4nc3n2CCCNC2CCCCC2)cc1.Cl.Cl. The van der Waals surface area contributed by atoms with Crippen LogP contribution in [0, 0.1) is 0 Å². The molecule has 4 aromatic rings. The number of nitrogens with zero attached hydrogens (tertiary/aromatic N) is 3. The molecule has 1 N–H and O–H groups in total. The summed E-state index contributed by atoms with van der Waals surface area (Å²) < 4.78 is 5.72. The van der Waals surface area contributed by atoms with Crippen molar-refractivity contribution in [2.45, 2.75) is 51.1 Å². The highest BCUT2D eigenvalue weighted by molar-refractivity contribution is 9.10. The minimum absolute atomic E-state index is 0. The molecule has 0 atom stereocenters. The number of imidazole rings is 2. The van der Waals surface area contributed by atoms with Gasteiger partial charge in [0.1, 0.15) is 0 Å². The van der Waals surface area contributed by atoms with Crippen molar-refractivity contribution in [1.29, 1.82) is 0 Å². The van der Waals surface area contributed by atoms with Crippen molar-refractivity contribution in [3.8, 4) is 11.3 Å². The molecule has 166 valence electrons. The lowest BCUT2D eigenvalue weighted by Crippen LogP contribution is -2.32. The average Bonchev–Trinajstić information content (AvgIpc) is 3.29. The number of hydrogen-bond donors (Lipinski definition) is 1. The number of fused-ring (bicyclic) bond motifs is 3. The number of para-hydroxylation sites is 2. The second-order valence-corrected chi connectivity index (χ2v) is 9.00. The first-order valence-electron chi connectivity index (χ1n) is 10.8. The number of aryl methyl sites for hydroxylation is 1. The zero-order chi connectivity index (χ0) is 19.6. The predicted octanol–water partition coefficient (Wildman–Crippen LogP) is 6.87. The van der Waals surface area contributed by atoms with Gasteiger partial charge in [-0.25, -0.2) is 4.98 Å². The van der Waals surface area contributed by atoms with E-state index >= 15 is 0 Å². The van der Waals surface area contributed by atoms with Gasteiger partial charge in [0.25, 0.3) is 0 Å². The van der Waals surface area contributed by atoms with E-state index in [1.54, 1.807) is 0 Å². The van der Waals surface area contributed by atoms with Crippen LogP contribution in [-0.4, -0.2) is 26.5 Å². The summed E-state index contributed by atoms with van der Waals surface area (Å²) in [5.41, 5.74) is 4.67. The fraction of sp³-hybridized carbons (Fsp3) is 0.375. The summed E-state index contributed by atoms with van der Waals surface area (Å²) >= 11 is 3.55. The molecule has 1 aliphatic carbocycles. The maximum atomic E-state index is 4.94. The van der Waals surface area contributed by atoms with Gasteiger partial charge in [0, 0.05) is 23.3 Å². The minimum atomic E-state index is 0. The highest BCUT2D eigenvalue weighted by atomic mass is 79.9. The second kappa shape index (κ2) is 10.9. The van der Waals surface area contributed by atoms with Gasteiger partial charge in [-0.05, 0) is 55.6 Å². The quantitative estimate of drug-likeness (QED) is 0.279. The number of rotatable bonds is 6. The molecule has 7 heteroatoms. The lowest BCUT2D eigenvalue weighted by Gasteiger charge is -2.22. The van der Waals surface area contributed by atoms with Crippen LogP contribution in [0.1, 0.15) is 38.5 Å². The van der Waals surface area contributed by atoms with Crippen LogP contribution in [0.5, 0.6) is 0 Å². The zero-order valence-corrected chi connectivity index (χ0v) is 20.7. The van der Waals surface area contributed by atoms with E-state index in [2.05, 4.69) is 84.9 Å². The molecule has 1 saturated carbocycles. The largest absolute Gasteiger partial charge is 0.314 e. The molecule has 0 radical (unpaired) electrons. The fourth-order valence-electron chi connectivity index (χ4n) is 4.57. The third kappa shape index (κ3) is 5.11. The van der Waals surface area contributed by atoms with E-state index in [9.17, 15) is 0 Å². The summed E-state index contributed by atoms with van der Waals surface area (Å²) in [7, 11) is 0. The van der Waals surface area contributed by atoms with E-state index in [-0.39, 0.29) is 24.8 Å². The minimum Gasteiger partial charge on any atom is -0.314 e. The van der Waals surface area contributed by atoms with Crippen molar-refractivity contribution in [2.75, 3.05) is 6.54 Å². The molecular weight excluding hydrogens is 495 g/mol. The average molecular weight is 524 g/mol. The molecule has 1 aliphatic rings. The zero-order valence-electron chi connectivity index (χ0n) is 17.5. The second-order valence-electron chi connectivity index (χ2n) is 8.09. The van der Waals surface area contributed by atoms with Crippen LogP contribution in [0.4, 0.5) is 0 Å². The molecule has 2 aromatic heterocycles. The lowest BCUT2D eigenvalue weighted by atomic mass is 9.95. The Balaban J connectivity index is 0.00000136. The van der Waals surface area contributed by atoms with Gasteiger partial charge < -0.3 is 9.88 Å². The van der Waals surface area contributed by atoms with Crippen molar-refractivity contribution < 1.29 is 0 Å². The number of hydrogen-bond acceptors (Lipinski definition) is 2. The van der Waals surface area contributed by atoms with Crippen LogP contribution >= 0.6 is 40.7 Å². The summed E-state index contributed by atoms with van der Waals surface area (Å²) in [6, 6.07) is 17.7. The molecular formula is C24H29BrCl2N4. The number of halogens is 3. The van der Waals surface area contributed by atoms with Crippen molar-refractivity contribution >= 4 is 57.6 Å². The smallest absolute Gasteiger partial charge is 0.215 e. The molecule has 0 unspecified atom stereocenters. The first kappa shape index (κ1) is 24.1. The van der Waals surface area contributed by atoms with Crippen LogP contribution in [-0.2, 0) is 6.54 Å². The standard InChI is InChI=1S/C24H27BrN4.2ClH/c25-19-13-11-18(12-14-19)23-17-29-22-10-5-4-9-21(22)27-24(29)28(23)16-6-15-26-20-7-2-1-3-8-20;;/h4-5,9-14,17,20,26H,1-3,6-8,15-16H2;2*1H. The van der Waals surface area contributed by atoms with Crippen LogP contribution in [0.2, 0.25) is 0 Å². The molecule has 0 spiro atoms. The summed E-state index contributed by atoms with van der Waals surface area (Å²) in [5.74, 6) is 1.03. The topological polar surface area (TPSA) is 34.3 Å². The molecule has 0 bridgehead atoms.